The first kappa shape index (κ1) is 14.1. The summed E-state index contributed by atoms with van der Waals surface area (Å²) in [6, 6.07) is 1.84. The molecule has 1 heterocycles. The lowest BCUT2D eigenvalue weighted by atomic mass is 10.2. The largest absolute Gasteiger partial charge is 0.478 e. The highest BCUT2D eigenvalue weighted by Crippen LogP contribution is 2.11. The van der Waals surface area contributed by atoms with Gasteiger partial charge in [-0.1, -0.05) is 6.92 Å². The minimum atomic E-state index is -0.940. The lowest BCUT2D eigenvalue weighted by molar-refractivity contribution is 0.0694. The second kappa shape index (κ2) is 7.40. The number of furan rings is 1. The van der Waals surface area contributed by atoms with E-state index in [0.29, 0.717) is 18.3 Å². The van der Waals surface area contributed by atoms with Crippen LogP contribution in [0.3, 0.4) is 0 Å². The summed E-state index contributed by atoms with van der Waals surface area (Å²) in [6.45, 7) is 4.71. The van der Waals surface area contributed by atoms with Crippen molar-refractivity contribution in [2.24, 2.45) is 0 Å². The third-order valence-electron chi connectivity index (χ3n) is 2.49. The third kappa shape index (κ3) is 4.83. The minimum Gasteiger partial charge on any atom is -0.478 e. The van der Waals surface area contributed by atoms with E-state index < -0.39 is 5.97 Å². The molecule has 1 rings (SSSR count). The van der Waals surface area contributed by atoms with Gasteiger partial charge in [0.2, 0.25) is 0 Å². The second-order valence-electron chi connectivity index (χ2n) is 3.83. The summed E-state index contributed by atoms with van der Waals surface area (Å²) in [5, 5.41) is 12.2. The molecule has 1 aromatic heterocycles. The zero-order valence-electron chi connectivity index (χ0n) is 10.2. The van der Waals surface area contributed by atoms with Gasteiger partial charge in [-0.2, -0.15) is 11.8 Å². The molecule has 0 aliphatic heterocycles. The number of hydrogen-bond donors (Lipinski definition) is 2. The Bertz CT molecular complexity index is 351. The van der Waals surface area contributed by atoms with Crippen LogP contribution in [0.2, 0.25) is 0 Å². The molecule has 0 aliphatic rings. The van der Waals surface area contributed by atoms with Gasteiger partial charge < -0.3 is 14.8 Å². The van der Waals surface area contributed by atoms with E-state index in [9.17, 15) is 4.79 Å². The van der Waals surface area contributed by atoms with E-state index in [-0.39, 0.29) is 5.56 Å². The van der Waals surface area contributed by atoms with Crippen molar-refractivity contribution in [2.45, 2.75) is 32.9 Å². The van der Waals surface area contributed by atoms with Crippen molar-refractivity contribution < 1.29 is 14.3 Å². The number of carboxylic acid groups (broad SMARTS) is 1. The zero-order valence-corrected chi connectivity index (χ0v) is 11.0. The van der Waals surface area contributed by atoms with E-state index in [1.54, 1.807) is 0 Å². The van der Waals surface area contributed by atoms with Gasteiger partial charge in [-0.15, -0.1) is 0 Å². The van der Waals surface area contributed by atoms with Gasteiger partial charge in [0.05, 0.1) is 12.8 Å². The number of thioether (sulfide) groups is 1. The van der Waals surface area contributed by atoms with Crippen molar-refractivity contribution in [1.29, 1.82) is 0 Å². The van der Waals surface area contributed by atoms with Gasteiger partial charge in [0.15, 0.2) is 0 Å². The highest BCUT2D eigenvalue weighted by molar-refractivity contribution is 7.99. The Hall–Kier alpha value is -0.940. The van der Waals surface area contributed by atoms with Crippen molar-refractivity contribution in [1.82, 2.24) is 5.32 Å². The SMILES string of the molecule is CCSCCC(C)NCc1occc1C(=O)O. The summed E-state index contributed by atoms with van der Waals surface area (Å²) >= 11 is 1.91. The van der Waals surface area contributed by atoms with Crippen molar-refractivity contribution >= 4 is 17.7 Å². The first-order valence-electron chi connectivity index (χ1n) is 5.76. The molecule has 96 valence electrons. The molecule has 0 bridgehead atoms. The molecular formula is C12H19NO3S. The Labute approximate surface area is 106 Å². The van der Waals surface area contributed by atoms with Gasteiger partial charge in [-0.3, -0.25) is 0 Å². The van der Waals surface area contributed by atoms with E-state index in [4.69, 9.17) is 9.52 Å². The normalized spacial score (nSPS) is 12.6. The van der Waals surface area contributed by atoms with E-state index >= 15 is 0 Å². The smallest absolute Gasteiger partial charge is 0.339 e. The summed E-state index contributed by atoms with van der Waals surface area (Å²) in [4.78, 5) is 10.8. The Morgan fingerprint density at radius 1 is 1.65 bits per heavy atom. The van der Waals surface area contributed by atoms with Gasteiger partial charge in [0, 0.05) is 6.04 Å². The van der Waals surface area contributed by atoms with Gasteiger partial charge in [0.25, 0.3) is 0 Å². The van der Waals surface area contributed by atoms with E-state index in [1.165, 1.54) is 12.3 Å². The molecule has 0 saturated heterocycles. The molecule has 0 aliphatic carbocycles. The predicted molar refractivity (Wildman–Crippen MR) is 69.6 cm³/mol. The maximum absolute atomic E-state index is 10.8. The third-order valence-corrected chi connectivity index (χ3v) is 3.42. The molecule has 1 atom stereocenters. The molecule has 0 fully saturated rings. The van der Waals surface area contributed by atoms with E-state index in [0.717, 1.165) is 17.9 Å². The summed E-state index contributed by atoms with van der Waals surface area (Å²) in [5.74, 6) is 1.81. The van der Waals surface area contributed by atoms with Gasteiger partial charge in [-0.05, 0) is 30.9 Å². The molecule has 0 aromatic carbocycles. The van der Waals surface area contributed by atoms with E-state index in [1.807, 2.05) is 11.8 Å². The summed E-state index contributed by atoms with van der Waals surface area (Å²) in [7, 11) is 0. The lowest BCUT2D eigenvalue weighted by Crippen LogP contribution is -2.26. The fourth-order valence-electron chi connectivity index (χ4n) is 1.44. The molecule has 0 spiro atoms. The molecule has 17 heavy (non-hydrogen) atoms. The lowest BCUT2D eigenvalue weighted by Gasteiger charge is -2.12. The Morgan fingerprint density at radius 3 is 3.06 bits per heavy atom. The predicted octanol–water partition coefficient (Wildman–Crippen LogP) is 2.60. The Balaban J connectivity index is 2.34. The van der Waals surface area contributed by atoms with Crippen LogP contribution in [0.4, 0.5) is 0 Å². The summed E-state index contributed by atoms with van der Waals surface area (Å²) < 4.78 is 5.15. The maximum Gasteiger partial charge on any atom is 0.339 e. The van der Waals surface area contributed by atoms with Gasteiger partial charge in [0.1, 0.15) is 11.3 Å². The second-order valence-corrected chi connectivity index (χ2v) is 5.22. The minimum absolute atomic E-state index is 0.243. The molecule has 5 heteroatoms. The van der Waals surface area contributed by atoms with Crippen LogP contribution in [0.5, 0.6) is 0 Å². The first-order chi connectivity index (χ1) is 8.15. The highest BCUT2D eigenvalue weighted by atomic mass is 32.2. The topological polar surface area (TPSA) is 62.5 Å². The van der Waals surface area contributed by atoms with Crippen LogP contribution >= 0.6 is 11.8 Å². The number of rotatable bonds is 8. The zero-order chi connectivity index (χ0) is 12.7. The van der Waals surface area contributed by atoms with Crippen molar-refractivity contribution in [3.8, 4) is 0 Å². The monoisotopic (exact) mass is 257 g/mol. The van der Waals surface area contributed by atoms with Crippen LogP contribution in [0.25, 0.3) is 0 Å². The van der Waals surface area contributed by atoms with Crippen molar-refractivity contribution in [3.63, 3.8) is 0 Å². The fraction of sp³-hybridized carbons (Fsp3) is 0.583. The Morgan fingerprint density at radius 2 is 2.41 bits per heavy atom. The van der Waals surface area contributed by atoms with E-state index in [2.05, 4.69) is 19.2 Å². The number of carboxylic acids is 1. The number of aromatic carboxylic acids is 1. The van der Waals surface area contributed by atoms with Gasteiger partial charge >= 0.3 is 5.97 Å². The van der Waals surface area contributed by atoms with Crippen LogP contribution in [-0.2, 0) is 6.54 Å². The van der Waals surface area contributed by atoms with Crippen molar-refractivity contribution in [2.75, 3.05) is 11.5 Å². The number of hydrogen-bond acceptors (Lipinski definition) is 4. The molecule has 0 amide bonds. The molecule has 4 nitrogen and oxygen atoms in total. The maximum atomic E-state index is 10.8. The molecule has 0 radical (unpaired) electrons. The quantitative estimate of drug-likeness (QED) is 0.701. The molecular weight excluding hydrogens is 238 g/mol. The molecule has 2 N–H and O–H groups in total. The number of nitrogens with one attached hydrogen (secondary N) is 1. The molecule has 1 unspecified atom stereocenters. The summed E-state index contributed by atoms with van der Waals surface area (Å²) in [6.07, 6.45) is 2.49. The van der Waals surface area contributed by atoms with Crippen LogP contribution in [0.1, 0.15) is 36.4 Å². The summed E-state index contributed by atoms with van der Waals surface area (Å²) in [5.41, 5.74) is 0.243. The first-order valence-corrected chi connectivity index (χ1v) is 6.91. The van der Waals surface area contributed by atoms with Crippen LogP contribution in [0.15, 0.2) is 16.7 Å². The van der Waals surface area contributed by atoms with Gasteiger partial charge in [-0.25, -0.2) is 4.79 Å². The average Bonchev–Trinajstić information content (AvgIpc) is 2.75. The standard InChI is InChI=1S/C12H19NO3S/c1-3-17-7-5-9(2)13-8-11-10(12(14)15)4-6-16-11/h4,6,9,13H,3,5,7-8H2,1-2H3,(H,14,15). The molecule has 1 aromatic rings. The number of carbonyl (C=O) groups is 1. The average molecular weight is 257 g/mol. The highest BCUT2D eigenvalue weighted by Gasteiger charge is 2.13. The Kier molecular flexibility index (Phi) is 6.15. The molecule has 0 saturated carbocycles. The van der Waals surface area contributed by atoms with Crippen LogP contribution < -0.4 is 5.32 Å². The fourth-order valence-corrected chi connectivity index (χ4v) is 2.25. The van der Waals surface area contributed by atoms with Crippen LogP contribution in [-0.4, -0.2) is 28.6 Å². The van der Waals surface area contributed by atoms with Crippen LogP contribution in [0, 0.1) is 0 Å². The van der Waals surface area contributed by atoms with Crippen molar-refractivity contribution in [3.05, 3.63) is 23.7 Å².